The number of carbonyl (C=O) groups is 1. The number of aliphatic carboxylic acids is 1. The molecule has 0 aromatic carbocycles. The number of nitrogens with zero attached hydrogens (tertiary/aromatic N) is 3. The molecule has 1 aliphatic heterocycles. The molecule has 0 aromatic rings. The first-order valence-electron chi connectivity index (χ1n) is 7.96. The predicted molar refractivity (Wildman–Crippen MR) is 85.7 cm³/mol. The maximum Gasteiger partial charge on any atom is 0.320 e. The van der Waals surface area contributed by atoms with Crippen LogP contribution in [0.3, 0.4) is 0 Å². The maximum atomic E-state index is 11.2. The number of carboxylic acid groups (broad SMARTS) is 1. The van der Waals surface area contributed by atoms with Crippen LogP contribution in [0.1, 0.15) is 20.3 Å². The van der Waals surface area contributed by atoms with Crippen molar-refractivity contribution in [3.8, 4) is 0 Å². The second kappa shape index (κ2) is 9.35. The van der Waals surface area contributed by atoms with E-state index in [0.717, 1.165) is 45.8 Å². The second-order valence-electron chi connectivity index (χ2n) is 6.49. The van der Waals surface area contributed by atoms with Crippen molar-refractivity contribution >= 4 is 5.97 Å². The number of piperazine rings is 1. The van der Waals surface area contributed by atoms with Gasteiger partial charge in [-0.3, -0.25) is 9.69 Å². The first-order chi connectivity index (χ1) is 9.88. The van der Waals surface area contributed by atoms with Crippen LogP contribution in [0.4, 0.5) is 0 Å². The summed E-state index contributed by atoms with van der Waals surface area (Å²) in [6.07, 6.45) is 0.672. The number of nitrogens with one attached hydrogen (secondary N) is 1. The molecular weight excluding hydrogens is 268 g/mol. The van der Waals surface area contributed by atoms with Crippen LogP contribution in [0.2, 0.25) is 0 Å². The quantitative estimate of drug-likeness (QED) is 0.625. The summed E-state index contributed by atoms with van der Waals surface area (Å²) in [6, 6.07) is -0.231. The van der Waals surface area contributed by atoms with Gasteiger partial charge in [0.1, 0.15) is 6.04 Å². The molecule has 0 radical (unpaired) electrons. The lowest BCUT2D eigenvalue weighted by Gasteiger charge is -2.35. The van der Waals surface area contributed by atoms with E-state index in [1.165, 1.54) is 0 Å². The molecule has 0 saturated carbocycles. The largest absolute Gasteiger partial charge is 0.480 e. The lowest BCUT2D eigenvalue weighted by atomic mass is 10.1. The molecule has 1 aliphatic rings. The van der Waals surface area contributed by atoms with Gasteiger partial charge in [-0.25, -0.2) is 0 Å². The minimum Gasteiger partial charge on any atom is -0.480 e. The normalized spacial score (nSPS) is 19.3. The lowest BCUT2D eigenvalue weighted by molar-refractivity contribution is -0.140. The Morgan fingerprint density at radius 1 is 1.14 bits per heavy atom. The minimum atomic E-state index is -0.742. The molecule has 1 fully saturated rings. The van der Waals surface area contributed by atoms with E-state index < -0.39 is 12.0 Å². The summed E-state index contributed by atoms with van der Waals surface area (Å²) in [4.78, 5) is 18.3. The van der Waals surface area contributed by atoms with Crippen molar-refractivity contribution in [2.24, 2.45) is 0 Å². The molecular formula is C15H32N4O2. The van der Waals surface area contributed by atoms with Crippen LogP contribution in [-0.4, -0.2) is 97.8 Å². The molecule has 0 spiro atoms. The third-order valence-electron chi connectivity index (χ3n) is 3.89. The maximum absolute atomic E-state index is 11.2. The summed E-state index contributed by atoms with van der Waals surface area (Å²) in [5.74, 6) is -0.742. The Morgan fingerprint density at radius 2 is 1.67 bits per heavy atom. The molecule has 0 aliphatic carbocycles. The van der Waals surface area contributed by atoms with Crippen molar-refractivity contribution in [2.75, 3.05) is 59.9 Å². The Hall–Kier alpha value is -0.690. The number of likely N-dealkylation sites (N-methyl/N-ethyl adjacent to an activating group) is 1. The van der Waals surface area contributed by atoms with Gasteiger partial charge in [-0.05, 0) is 20.5 Å². The van der Waals surface area contributed by atoms with Gasteiger partial charge in [-0.2, -0.15) is 0 Å². The summed E-state index contributed by atoms with van der Waals surface area (Å²) in [6.45, 7) is 11.3. The fourth-order valence-corrected chi connectivity index (χ4v) is 2.57. The Bertz CT molecular complexity index is 302. The second-order valence-corrected chi connectivity index (χ2v) is 6.49. The Morgan fingerprint density at radius 3 is 2.10 bits per heavy atom. The van der Waals surface area contributed by atoms with Gasteiger partial charge in [0.15, 0.2) is 0 Å². The zero-order valence-electron chi connectivity index (χ0n) is 14.0. The number of hydrogen-bond donors (Lipinski definition) is 2. The monoisotopic (exact) mass is 300 g/mol. The van der Waals surface area contributed by atoms with Gasteiger partial charge in [-0.15, -0.1) is 0 Å². The van der Waals surface area contributed by atoms with Crippen LogP contribution in [0.25, 0.3) is 0 Å². The van der Waals surface area contributed by atoms with Gasteiger partial charge in [0, 0.05) is 51.9 Å². The minimum absolute atomic E-state index is 0.203. The summed E-state index contributed by atoms with van der Waals surface area (Å²) >= 11 is 0. The van der Waals surface area contributed by atoms with Gasteiger partial charge in [0.05, 0.1) is 0 Å². The Balaban J connectivity index is 2.23. The van der Waals surface area contributed by atoms with Crippen molar-refractivity contribution in [2.45, 2.75) is 32.4 Å². The van der Waals surface area contributed by atoms with E-state index >= 15 is 0 Å². The lowest BCUT2D eigenvalue weighted by Crippen LogP contribution is -2.49. The van der Waals surface area contributed by atoms with Crippen molar-refractivity contribution in [1.82, 2.24) is 20.0 Å². The highest BCUT2D eigenvalue weighted by atomic mass is 16.4. The zero-order valence-corrected chi connectivity index (χ0v) is 14.0. The molecule has 124 valence electrons. The van der Waals surface area contributed by atoms with Crippen LogP contribution in [0.15, 0.2) is 0 Å². The SMILES string of the molecule is CC(C)NC(CCN1CCN(CCN(C)C)CC1)C(=O)O. The molecule has 6 nitrogen and oxygen atoms in total. The van der Waals surface area contributed by atoms with E-state index in [0.29, 0.717) is 6.42 Å². The molecule has 1 unspecified atom stereocenters. The summed E-state index contributed by atoms with van der Waals surface area (Å²) in [5, 5.41) is 12.3. The Kier molecular flexibility index (Phi) is 8.18. The average molecular weight is 300 g/mol. The molecule has 1 rings (SSSR count). The highest BCUT2D eigenvalue weighted by Gasteiger charge is 2.21. The van der Waals surface area contributed by atoms with Gasteiger partial charge < -0.3 is 20.2 Å². The molecule has 1 saturated heterocycles. The van der Waals surface area contributed by atoms with E-state index in [4.69, 9.17) is 0 Å². The molecule has 0 bridgehead atoms. The van der Waals surface area contributed by atoms with Crippen LogP contribution in [0.5, 0.6) is 0 Å². The zero-order chi connectivity index (χ0) is 15.8. The molecule has 2 N–H and O–H groups in total. The van der Waals surface area contributed by atoms with Crippen molar-refractivity contribution in [3.05, 3.63) is 0 Å². The van der Waals surface area contributed by atoms with Gasteiger partial charge in [0.25, 0.3) is 0 Å². The summed E-state index contributed by atoms with van der Waals surface area (Å²) in [7, 11) is 4.20. The molecule has 0 aromatic heterocycles. The molecule has 21 heavy (non-hydrogen) atoms. The van der Waals surface area contributed by atoms with Crippen molar-refractivity contribution in [1.29, 1.82) is 0 Å². The van der Waals surface area contributed by atoms with E-state index in [-0.39, 0.29) is 6.04 Å². The summed E-state index contributed by atoms with van der Waals surface area (Å²) < 4.78 is 0. The smallest absolute Gasteiger partial charge is 0.320 e. The van der Waals surface area contributed by atoms with Gasteiger partial charge in [0.2, 0.25) is 0 Å². The number of hydrogen-bond acceptors (Lipinski definition) is 5. The van der Waals surface area contributed by atoms with Crippen molar-refractivity contribution < 1.29 is 9.90 Å². The highest BCUT2D eigenvalue weighted by molar-refractivity contribution is 5.73. The van der Waals surface area contributed by atoms with E-state index in [1.54, 1.807) is 0 Å². The fraction of sp³-hybridized carbons (Fsp3) is 0.933. The average Bonchev–Trinajstić information content (AvgIpc) is 2.41. The predicted octanol–water partition coefficient (Wildman–Crippen LogP) is 0.00690. The number of rotatable bonds is 9. The van der Waals surface area contributed by atoms with Gasteiger partial charge >= 0.3 is 5.97 Å². The topological polar surface area (TPSA) is 59.0 Å². The third-order valence-corrected chi connectivity index (χ3v) is 3.89. The molecule has 1 heterocycles. The Labute approximate surface area is 129 Å². The molecule has 6 heteroatoms. The van der Waals surface area contributed by atoms with Crippen molar-refractivity contribution in [3.63, 3.8) is 0 Å². The summed E-state index contributed by atoms with van der Waals surface area (Å²) in [5.41, 5.74) is 0. The molecule has 0 amide bonds. The fourth-order valence-electron chi connectivity index (χ4n) is 2.57. The van der Waals surface area contributed by atoms with E-state index in [1.807, 2.05) is 13.8 Å². The first kappa shape index (κ1) is 18.4. The van der Waals surface area contributed by atoms with Gasteiger partial charge in [-0.1, -0.05) is 13.8 Å². The number of carboxylic acids is 1. The first-order valence-corrected chi connectivity index (χ1v) is 7.96. The van der Waals surface area contributed by atoms with Crippen LogP contribution < -0.4 is 5.32 Å². The highest BCUT2D eigenvalue weighted by Crippen LogP contribution is 2.05. The molecule has 1 atom stereocenters. The standard InChI is InChI=1S/C15H32N4O2/c1-13(2)16-14(15(20)21)5-6-18-9-11-19(12-10-18)8-7-17(3)4/h13-14,16H,5-12H2,1-4H3,(H,20,21). The van der Waals surface area contributed by atoms with Crippen LogP contribution in [0, 0.1) is 0 Å². The van der Waals surface area contributed by atoms with Crippen LogP contribution >= 0.6 is 0 Å². The van der Waals surface area contributed by atoms with E-state index in [9.17, 15) is 9.90 Å². The van der Waals surface area contributed by atoms with E-state index in [2.05, 4.69) is 34.1 Å². The third kappa shape index (κ3) is 7.76. The van der Waals surface area contributed by atoms with Crippen LogP contribution in [-0.2, 0) is 4.79 Å².